The lowest BCUT2D eigenvalue weighted by Crippen LogP contribution is -2.38. The third-order valence-corrected chi connectivity index (χ3v) is 4.94. The number of ether oxygens (including phenoxy) is 1. The summed E-state index contributed by atoms with van der Waals surface area (Å²) >= 11 is 0. The first kappa shape index (κ1) is 20.6. The summed E-state index contributed by atoms with van der Waals surface area (Å²) in [6.45, 7) is 1.97. The number of para-hydroxylation sites is 1. The third-order valence-electron chi connectivity index (χ3n) is 4.94. The minimum atomic E-state index is -0.964. The van der Waals surface area contributed by atoms with E-state index in [4.69, 9.17) is 4.74 Å². The zero-order chi connectivity index (χ0) is 20.6. The zero-order valence-electron chi connectivity index (χ0n) is 16.6. The minimum Gasteiger partial charge on any atom is -0.451 e. The van der Waals surface area contributed by atoms with Crippen LogP contribution in [0.15, 0.2) is 54.6 Å². The van der Waals surface area contributed by atoms with Crippen molar-refractivity contribution < 1.29 is 19.1 Å². The molecule has 2 aromatic rings. The molecule has 0 saturated carbocycles. The van der Waals surface area contributed by atoms with Gasteiger partial charge in [0.15, 0.2) is 6.10 Å². The van der Waals surface area contributed by atoms with Crippen LogP contribution >= 0.6 is 0 Å². The van der Waals surface area contributed by atoms with Crippen LogP contribution in [0.2, 0.25) is 0 Å². The molecule has 2 aromatic carbocycles. The van der Waals surface area contributed by atoms with Gasteiger partial charge in [-0.05, 0) is 31.4 Å². The largest absolute Gasteiger partial charge is 0.451 e. The average molecular weight is 394 g/mol. The summed E-state index contributed by atoms with van der Waals surface area (Å²) in [6.07, 6.45) is 2.21. The molecule has 2 amide bonds. The number of rotatable bonds is 6. The Balaban J connectivity index is 1.60. The number of hydrogen-bond acceptors (Lipinski definition) is 4. The molecule has 6 heteroatoms. The number of carbonyl (C=O) groups is 3. The summed E-state index contributed by atoms with van der Waals surface area (Å²) < 4.78 is 5.28. The van der Waals surface area contributed by atoms with Gasteiger partial charge in [-0.2, -0.15) is 0 Å². The average Bonchev–Trinajstić information content (AvgIpc) is 2.93. The lowest BCUT2D eigenvalue weighted by molar-refractivity contribution is -0.156. The maximum atomic E-state index is 12.6. The molecule has 1 fully saturated rings. The molecule has 3 rings (SSSR count). The van der Waals surface area contributed by atoms with E-state index in [9.17, 15) is 14.4 Å². The molecule has 0 spiro atoms. The van der Waals surface area contributed by atoms with Crippen LogP contribution in [-0.2, 0) is 19.1 Å². The van der Waals surface area contributed by atoms with Gasteiger partial charge in [0, 0.05) is 24.2 Å². The first-order valence-electron chi connectivity index (χ1n) is 9.97. The van der Waals surface area contributed by atoms with Gasteiger partial charge in [0.1, 0.15) is 6.54 Å². The highest BCUT2D eigenvalue weighted by Gasteiger charge is 2.23. The third kappa shape index (κ3) is 5.67. The molecule has 1 heterocycles. The zero-order valence-corrected chi connectivity index (χ0v) is 16.6. The van der Waals surface area contributed by atoms with Crippen LogP contribution in [0.1, 0.15) is 32.6 Å². The maximum Gasteiger partial charge on any atom is 0.326 e. The number of anilines is 1. The number of nitrogens with one attached hydrogen (secondary N) is 1. The predicted octanol–water partition coefficient (Wildman–Crippen LogP) is 3.63. The normalized spacial score (nSPS) is 15.3. The van der Waals surface area contributed by atoms with Gasteiger partial charge >= 0.3 is 5.97 Å². The Kier molecular flexibility index (Phi) is 7.00. The van der Waals surface area contributed by atoms with Crippen molar-refractivity contribution in [2.24, 2.45) is 0 Å². The molecule has 1 saturated heterocycles. The van der Waals surface area contributed by atoms with Gasteiger partial charge in [-0.3, -0.25) is 14.4 Å². The van der Waals surface area contributed by atoms with Crippen molar-refractivity contribution in [3.63, 3.8) is 0 Å². The van der Waals surface area contributed by atoms with Gasteiger partial charge in [-0.25, -0.2) is 0 Å². The predicted molar refractivity (Wildman–Crippen MR) is 111 cm³/mol. The van der Waals surface area contributed by atoms with Crippen molar-refractivity contribution in [2.75, 3.05) is 18.4 Å². The highest BCUT2D eigenvalue weighted by atomic mass is 16.5. The minimum absolute atomic E-state index is 0.0339. The number of likely N-dealkylation sites (tertiary alicyclic amines) is 1. The Hall–Kier alpha value is -3.15. The van der Waals surface area contributed by atoms with Crippen molar-refractivity contribution >= 4 is 23.5 Å². The summed E-state index contributed by atoms with van der Waals surface area (Å²) in [5.74, 6) is -1.02. The second-order valence-electron chi connectivity index (χ2n) is 7.16. The van der Waals surface area contributed by atoms with Crippen LogP contribution in [0.4, 0.5) is 5.69 Å². The molecule has 0 aromatic heterocycles. The van der Waals surface area contributed by atoms with Crippen molar-refractivity contribution in [2.45, 2.75) is 38.7 Å². The number of carbonyl (C=O) groups excluding carboxylic acids is 3. The highest BCUT2D eigenvalue weighted by Crippen LogP contribution is 2.27. The molecule has 1 aliphatic heterocycles. The number of nitrogens with zero attached hydrogens (tertiary/aromatic N) is 1. The molecule has 0 radical (unpaired) electrons. The Morgan fingerprint density at radius 3 is 2.55 bits per heavy atom. The smallest absolute Gasteiger partial charge is 0.326 e. The summed E-state index contributed by atoms with van der Waals surface area (Å²) in [4.78, 5) is 38.3. The summed E-state index contributed by atoms with van der Waals surface area (Å²) in [6, 6.07) is 17.2. The van der Waals surface area contributed by atoms with Gasteiger partial charge in [-0.1, -0.05) is 55.0 Å². The van der Waals surface area contributed by atoms with E-state index in [2.05, 4.69) is 5.32 Å². The lowest BCUT2D eigenvalue weighted by Gasteiger charge is -2.21. The van der Waals surface area contributed by atoms with Crippen molar-refractivity contribution in [1.82, 2.24) is 4.90 Å². The van der Waals surface area contributed by atoms with E-state index < -0.39 is 18.0 Å². The maximum absolute atomic E-state index is 12.6. The number of esters is 1. The van der Waals surface area contributed by atoms with Crippen LogP contribution in [0, 0.1) is 0 Å². The fourth-order valence-electron chi connectivity index (χ4n) is 3.35. The van der Waals surface area contributed by atoms with E-state index >= 15 is 0 Å². The second-order valence-corrected chi connectivity index (χ2v) is 7.16. The van der Waals surface area contributed by atoms with Crippen LogP contribution in [0.25, 0.3) is 11.1 Å². The quantitative estimate of drug-likeness (QED) is 0.759. The standard InChI is InChI=1S/C23H26N2O4/c1-17(29-22(27)16-25-15-9-3-6-14-21(25)26)23(28)24-20-13-8-7-12-19(20)18-10-4-2-5-11-18/h2,4-5,7-8,10-13,17H,3,6,9,14-16H2,1H3,(H,24,28). The molecule has 0 bridgehead atoms. The number of benzene rings is 2. The topological polar surface area (TPSA) is 75.7 Å². The molecular formula is C23H26N2O4. The molecule has 1 aliphatic rings. The van der Waals surface area contributed by atoms with Gasteiger partial charge < -0.3 is 15.0 Å². The Labute approximate surface area is 170 Å². The van der Waals surface area contributed by atoms with E-state index in [1.54, 1.807) is 0 Å². The lowest BCUT2D eigenvalue weighted by atomic mass is 10.0. The fraction of sp³-hybridized carbons (Fsp3) is 0.348. The second kappa shape index (κ2) is 9.87. The van der Waals surface area contributed by atoms with Crippen molar-refractivity contribution in [3.8, 4) is 11.1 Å². The van der Waals surface area contributed by atoms with Gasteiger partial charge in [0.2, 0.25) is 5.91 Å². The van der Waals surface area contributed by atoms with Crippen LogP contribution < -0.4 is 5.32 Å². The Morgan fingerprint density at radius 1 is 1.03 bits per heavy atom. The number of amides is 2. The molecule has 6 nitrogen and oxygen atoms in total. The van der Waals surface area contributed by atoms with Gasteiger partial charge in [0.05, 0.1) is 0 Å². The van der Waals surface area contributed by atoms with Crippen LogP contribution in [0.5, 0.6) is 0 Å². The Bertz CT molecular complexity index is 866. The highest BCUT2D eigenvalue weighted by molar-refractivity contribution is 5.98. The molecule has 1 unspecified atom stereocenters. The number of hydrogen-bond donors (Lipinski definition) is 1. The van der Waals surface area contributed by atoms with E-state index in [1.807, 2.05) is 54.6 Å². The monoisotopic (exact) mass is 394 g/mol. The summed E-state index contributed by atoms with van der Waals surface area (Å²) in [5, 5.41) is 2.84. The van der Waals surface area contributed by atoms with E-state index in [-0.39, 0.29) is 12.5 Å². The molecule has 152 valence electrons. The molecule has 29 heavy (non-hydrogen) atoms. The first-order chi connectivity index (χ1) is 14.0. The molecular weight excluding hydrogens is 368 g/mol. The molecule has 0 aliphatic carbocycles. The van der Waals surface area contributed by atoms with Crippen LogP contribution in [0.3, 0.4) is 0 Å². The summed E-state index contributed by atoms with van der Waals surface area (Å²) in [7, 11) is 0. The molecule has 1 atom stereocenters. The van der Waals surface area contributed by atoms with E-state index in [0.717, 1.165) is 30.4 Å². The van der Waals surface area contributed by atoms with Gasteiger partial charge in [0.25, 0.3) is 5.91 Å². The SMILES string of the molecule is CC(OC(=O)CN1CCCCCC1=O)C(=O)Nc1ccccc1-c1ccccc1. The van der Waals surface area contributed by atoms with E-state index in [0.29, 0.717) is 18.7 Å². The molecule has 1 N–H and O–H groups in total. The van der Waals surface area contributed by atoms with E-state index in [1.165, 1.54) is 11.8 Å². The van der Waals surface area contributed by atoms with Gasteiger partial charge in [-0.15, -0.1) is 0 Å². The Morgan fingerprint density at radius 2 is 1.76 bits per heavy atom. The first-order valence-corrected chi connectivity index (χ1v) is 9.97. The van der Waals surface area contributed by atoms with Crippen molar-refractivity contribution in [1.29, 1.82) is 0 Å². The fourth-order valence-corrected chi connectivity index (χ4v) is 3.35. The summed E-state index contributed by atoms with van der Waals surface area (Å²) in [5.41, 5.74) is 2.51. The van der Waals surface area contributed by atoms with Crippen LogP contribution in [-0.4, -0.2) is 41.9 Å². The van der Waals surface area contributed by atoms with Crippen molar-refractivity contribution in [3.05, 3.63) is 54.6 Å².